The van der Waals surface area contributed by atoms with Crippen LogP contribution in [-0.4, -0.2) is 22.2 Å². The van der Waals surface area contributed by atoms with E-state index in [1.165, 1.54) is 9.13 Å². The number of ether oxygens (including phenoxy) is 1. The molecule has 144 valence electrons. The van der Waals surface area contributed by atoms with Gasteiger partial charge in [-0.2, -0.15) is 0 Å². The number of aromatic amines is 1. The maximum Gasteiger partial charge on any atom is 0.174 e. The minimum Gasteiger partial charge on any atom is -0.497 e. The second-order valence-corrected chi connectivity index (χ2v) is 8.27. The Labute approximate surface area is 183 Å². The van der Waals surface area contributed by atoms with Gasteiger partial charge >= 0.3 is 0 Å². The van der Waals surface area contributed by atoms with Gasteiger partial charge in [0.25, 0.3) is 0 Å². The number of anilines is 1. The minimum absolute atomic E-state index is 0.0219. The molecule has 2 aromatic heterocycles. The van der Waals surface area contributed by atoms with Gasteiger partial charge in [-0.05, 0) is 72.9 Å². The summed E-state index contributed by atoms with van der Waals surface area (Å²) in [5.74, 6) is 0.803. The normalized spacial score (nSPS) is 19.0. The van der Waals surface area contributed by atoms with Crippen molar-refractivity contribution in [2.45, 2.75) is 25.9 Å². The Morgan fingerprint density at radius 1 is 1.14 bits per heavy atom. The lowest BCUT2D eigenvalue weighted by molar-refractivity contribution is 0.415. The Morgan fingerprint density at radius 3 is 2.61 bits per heavy atom. The van der Waals surface area contributed by atoms with Gasteiger partial charge in [0.2, 0.25) is 0 Å². The van der Waals surface area contributed by atoms with E-state index >= 15 is 0 Å². The van der Waals surface area contributed by atoms with Crippen LogP contribution in [0.3, 0.4) is 0 Å². The Balaban J connectivity index is 1.89. The van der Waals surface area contributed by atoms with E-state index < -0.39 is 0 Å². The fourth-order valence-corrected chi connectivity index (χ4v) is 5.01. The molecule has 28 heavy (non-hydrogen) atoms. The standard InChI is InChI=1S/C21H21IN4OS/c1-12-17(18(22)13(2)24-12)20-19(16-9-4-5-10-23-16)25-21(28)26(20)14-7-6-8-15(11-14)27-3/h4-11,19-20,24H,1-3H3,(H,25,28)/t19-,20-/m0/s1. The van der Waals surface area contributed by atoms with Crippen molar-refractivity contribution in [3.63, 3.8) is 0 Å². The first-order valence-electron chi connectivity index (χ1n) is 9.00. The van der Waals surface area contributed by atoms with Crippen LogP contribution in [0, 0.1) is 17.4 Å². The van der Waals surface area contributed by atoms with E-state index in [0.29, 0.717) is 5.11 Å². The molecule has 1 aliphatic heterocycles. The van der Waals surface area contributed by atoms with Crippen LogP contribution < -0.4 is 15.0 Å². The molecule has 1 saturated heterocycles. The molecule has 0 unspecified atom stereocenters. The van der Waals surface area contributed by atoms with E-state index in [1.807, 2.05) is 42.6 Å². The van der Waals surface area contributed by atoms with Crippen LogP contribution in [0.5, 0.6) is 5.75 Å². The predicted octanol–water partition coefficient (Wildman–Crippen LogP) is 4.82. The Morgan fingerprint density at radius 2 is 1.96 bits per heavy atom. The van der Waals surface area contributed by atoms with Crippen LogP contribution in [0.1, 0.15) is 34.7 Å². The highest BCUT2D eigenvalue weighted by molar-refractivity contribution is 14.1. The average molecular weight is 504 g/mol. The average Bonchev–Trinajstić information content (AvgIpc) is 3.17. The van der Waals surface area contributed by atoms with Gasteiger partial charge in [-0.3, -0.25) is 4.98 Å². The molecule has 2 N–H and O–H groups in total. The van der Waals surface area contributed by atoms with E-state index in [-0.39, 0.29) is 12.1 Å². The van der Waals surface area contributed by atoms with Crippen molar-refractivity contribution in [3.05, 3.63) is 74.9 Å². The van der Waals surface area contributed by atoms with Crippen molar-refractivity contribution in [1.82, 2.24) is 15.3 Å². The molecule has 0 amide bonds. The molecule has 0 saturated carbocycles. The molecular formula is C21H21IN4OS. The largest absolute Gasteiger partial charge is 0.497 e. The SMILES string of the molecule is COc1cccc(N2C(=S)N[C@@H](c3ccccn3)[C@@H]2c2c(C)[nH]c(C)c2I)c1. The van der Waals surface area contributed by atoms with Crippen LogP contribution in [0.2, 0.25) is 0 Å². The zero-order valence-corrected chi connectivity index (χ0v) is 18.8. The highest BCUT2D eigenvalue weighted by Crippen LogP contribution is 2.45. The van der Waals surface area contributed by atoms with Gasteiger partial charge in [0.05, 0.1) is 24.9 Å². The van der Waals surface area contributed by atoms with Crippen molar-refractivity contribution >= 4 is 45.6 Å². The molecular weight excluding hydrogens is 483 g/mol. The topological polar surface area (TPSA) is 53.2 Å². The summed E-state index contributed by atoms with van der Waals surface area (Å²) in [5.41, 5.74) is 5.51. The Hall–Kier alpha value is -2.13. The van der Waals surface area contributed by atoms with Crippen molar-refractivity contribution in [2.24, 2.45) is 0 Å². The molecule has 0 spiro atoms. The molecule has 5 nitrogen and oxygen atoms in total. The van der Waals surface area contributed by atoms with Gasteiger partial charge in [0.15, 0.2) is 5.11 Å². The summed E-state index contributed by atoms with van der Waals surface area (Å²) < 4.78 is 6.67. The van der Waals surface area contributed by atoms with E-state index in [0.717, 1.165) is 28.5 Å². The minimum atomic E-state index is -0.0534. The number of benzene rings is 1. The first-order chi connectivity index (χ1) is 13.5. The van der Waals surface area contributed by atoms with Crippen LogP contribution in [0.4, 0.5) is 5.69 Å². The summed E-state index contributed by atoms with van der Waals surface area (Å²) in [6.07, 6.45) is 1.82. The molecule has 4 rings (SSSR count). The predicted molar refractivity (Wildman–Crippen MR) is 124 cm³/mol. The third-order valence-electron chi connectivity index (χ3n) is 5.07. The number of rotatable bonds is 4. The quantitative estimate of drug-likeness (QED) is 0.395. The molecule has 7 heteroatoms. The molecule has 1 fully saturated rings. The van der Waals surface area contributed by atoms with Gasteiger partial charge in [0.1, 0.15) is 5.75 Å². The number of halogens is 1. The first kappa shape index (κ1) is 19.2. The lowest BCUT2D eigenvalue weighted by atomic mass is 9.96. The molecule has 3 heterocycles. The maximum atomic E-state index is 5.78. The molecule has 2 atom stereocenters. The number of aryl methyl sites for hydroxylation is 2. The third-order valence-corrected chi connectivity index (χ3v) is 6.77. The fraction of sp³-hybridized carbons (Fsp3) is 0.238. The van der Waals surface area contributed by atoms with E-state index in [2.05, 4.69) is 62.7 Å². The zero-order valence-electron chi connectivity index (χ0n) is 15.9. The van der Waals surface area contributed by atoms with Crippen LogP contribution in [0.25, 0.3) is 0 Å². The summed E-state index contributed by atoms with van der Waals surface area (Å²) >= 11 is 8.20. The molecule has 1 aliphatic rings. The van der Waals surface area contributed by atoms with Crippen LogP contribution >= 0.6 is 34.8 Å². The second-order valence-electron chi connectivity index (χ2n) is 6.80. The fourth-order valence-electron chi connectivity index (χ4n) is 3.81. The van der Waals surface area contributed by atoms with Gasteiger partial charge in [-0.1, -0.05) is 12.1 Å². The number of methoxy groups -OCH3 is 1. The summed E-state index contributed by atoms with van der Waals surface area (Å²) in [6, 6.07) is 13.9. The molecule has 0 bridgehead atoms. The van der Waals surface area contributed by atoms with E-state index in [4.69, 9.17) is 17.0 Å². The van der Waals surface area contributed by atoms with Crippen molar-refractivity contribution < 1.29 is 4.74 Å². The summed E-state index contributed by atoms with van der Waals surface area (Å²) in [7, 11) is 1.68. The van der Waals surface area contributed by atoms with Gasteiger partial charge in [-0.15, -0.1) is 0 Å². The summed E-state index contributed by atoms with van der Waals surface area (Å²) in [6.45, 7) is 4.22. The lowest BCUT2D eigenvalue weighted by Gasteiger charge is -2.28. The summed E-state index contributed by atoms with van der Waals surface area (Å²) in [5, 5.41) is 4.19. The van der Waals surface area contributed by atoms with Crippen molar-refractivity contribution in [3.8, 4) is 5.75 Å². The van der Waals surface area contributed by atoms with Crippen molar-refractivity contribution in [1.29, 1.82) is 0 Å². The number of nitrogens with one attached hydrogen (secondary N) is 2. The molecule has 1 aromatic carbocycles. The van der Waals surface area contributed by atoms with E-state index in [9.17, 15) is 0 Å². The lowest BCUT2D eigenvalue weighted by Crippen LogP contribution is -2.29. The Bertz CT molecular complexity index is 1020. The number of nitrogens with zero attached hydrogens (tertiary/aromatic N) is 2. The number of thiocarbonyl (C=S) groups is 1. The summed E-state index contributed by atoms with van der Waals surface area (Å²) in [4.78, 5) is 10.3. The highest BCUT2D eigenvalue weighted by atomic mass is 127. The smallest absolute Gasteiger partial charge is 0.174 e. The number of hydrogen-bond acceptors (Lipinski definition) is 3. The van der Waals surface area contributed by atoms with Gasteiger partial charge in [-0.25, -0.2) is 0 Å². The number of aromatic nitrogens is 2. The second kappa shape index (κ2) is 7.71. The number of hydrogen-bond donors (Lipinski definition) is 2. The zero-order chi connectivity index (χ0) is 19.8. The van der Waals surface area contributed by atoms with E-state index in [1.54, 1.807) is 7.11 Å². The highest BCUT2D eigenvalue weighted by Gasteiger charge is 2.43. The van der Waals surface area contributed by atoms with Crippen LogP contribution in [-0.2, 0) is 0 Å². The number of H-pyrrole nitrogens is 1. The molecule has 3 aromatic rings. The van der Waals surface area contributed by atoms with Crippen LogP contribution in [0.15, 0.2) is 48.7 Å². The van der Waals surface area contributed by atoms with Gasteiger partial charge < -0.3 is 19.9 Å². The first-order valence-corrected chi connectivity index (χ1v) is 10.5. The molecule has 0 radical (unpaired) electrons. The monoisotopic (exact) mass is 504 g/mol. The van der Waals surface area contributed by atoms with Gasteiger partial charge in [0, 0.05) is 38.5 Å². The van der Waals surface area contributed by atoms with Crippen molar-refractivity contribution in [2.75, 3.05) is 12.0 Å². The maximum absolute atomic E-state index is 5.78. The molecule has 0 aliphatic carbocycles. The number of pyridine rings is 1. The Kier molecular flexibility index (Phi) is 5.29. The third kappa shape index (κ3) is 3.26.